The minimum Gasteiger partial charge on any atom is -0.360 e. The Morgan fingerprint density at radius 2 is 1.90 bits per heavy atom. The molecule has 3 atom stereocenters. The van der Waals surface area contributed by atoms with Gasteiger partial charge in [-0.2, -0.15) is 4.31 Å². The molecule has 0 N–H and O–H groups in total. The molecular weight excluding hydrogens is 422 g/mol. The molecule has 3 aliphatic heterocycles. The summed E-state index contributed by atoms with van der Waals surface area (Å²) in [6.07, 6.45) is 1.80. The molecule has 158 valence electrons. The number of halogens is 1. The van der Waals surface area contributed by atoms with E-state index in [2.05, 4.69) is 0 Å². The first-order valence-electron chi connectivity index (χ1n) is 9.44. The molecule has 11 heteroatoms. The molecule has 1 spiro atoms. The number of hydrogen-bond donors (Lipinski definition) is 0. The molecule has 1 aromatic carbocycles. The number of rotatable bonds is 3. The summed E-state index contributed by atoms with van der Waals surface area (Å²) in [5.74, 6) is -0.0773. The fraction of sp³-hybridized carbons (Fsp3) is 0.611. The number of sulfonamides is 1. The highest BCUT2D eigenvalue weighted by Gasteiger charge is 2.56. The maximum absolute atomic E-state index is 13.3. The Morgan fingerprint density at radius 3 is 2.45 bits per heavy atom. The van der Waals surface area contributed by atoms with Crippen LogP contribution in [0.5, 0.6) is 0 Å². The van der Waals surface area contributed by atoms with Crippen LogP contribution in [-0.2, 0) is 19.6 Å². The number of ether oxygens (including phenoxy) is 1. The lowest BCUT2D eigenvalue weighted by molar-refractivity contribution is -0.384. The van der Waals surface area contributed by atoms with E-state index in [4.69, 9.17) is 16.3 Å². The summed E-state index contributed by atoms with van der Waals surface area (Å²) in [6, 6.07) is 3.02. The Hall–Kier alpha value is -1.75. The molecule has 3 unspecified atom stereocenters. The summed E-state index contributed by atoms with van der Waals surface area (Å²) in [5, 5.41) is 11.1. The summed E-state index contributed by atoms with van der Waals surface area (Å²) in [5.41, 5.74) is -0.996. The van der Waals surface area contributed by atoms with Crippen molar-refractivity contribution in [2.75, 3.05) is 13.6 Å². The Morgan fingerprint density at radius 1 is 1.28 bits per heavy atom. The number of likely N-dealkylation sites (N-methyl/N-ethyl adjacent to an activating group) is 1. The fourth-order valence-corrected chi connectivity index (χ4v) is 7.15. The molecule has 3 aliphatic rings. The number of carbonyl (C=O) groups excluding carboxylic acids is 1. The van der Waals surface area contributed by atoms with Gasteiger partial charge in [-0.1, -0.05) is 11.6 Å². The Bertz CT molecular complexity index is 954. The van der Waals surface area contributed by atoms with Gasteiger partial charge < -0.3 is 9.64 Å². The zero-order valence-electron chi connectivity index (χ0n) is 16.1. The smallest absolute Gasteiger partial charge is 0.289 e. The number of hydrogen-bond acceptors (Lipinski definition) is 6. The number of nitro groups is 1. The minimum absolute atomic E-state index is 0.0773. The van der Waals surface area contributed by atoms with E-state index in [-0.39, 0.29) is 27.9 Å². The highest BCUT2D eigenvalue weighted by Crippen LogP contribution is 2.47. The van der Waals surface area contributed by atoms with E-state index >= 15 is 0 Å². The van der Waals surface area contributed by atoms with Crippen molar-refractivity contribution in [1.82, 2.24) is 9.21 Å². The molecule has 3 heterocycles. The van der Waals surface area contributed by atoms with Crippen molar-refractivity contribution in [3.8, 4) is 0 Å². The van der Waals surface area contributed by atoms with Crippen molar-refractivity contribution in [3.05, 3.63) is 33.3 Å². The first-order chi connectivity index (χ1) is 13.5. The lowest BCUT2D eigenvalue weighted by Gasteiger charge is -2.50. The SMILES string of the molecule is CC1OC2(CC3CCC(C2)N3S(=O)(=O)c2ccc(Cl)c([N+](=O)[O-])c2)CN(C)C1=O. The molecule has 4 rings (SSSR count). The molecule has 0 radical (unpaired) electrons. The van der Waals surface area contributed by atoms with Gasteiger partial charge in [0.2, 0.25) is 10.0 Å². The van der Waals surface area contributed by atoms with Crippen LogP contribution in [0.25, 0.3) is 0 Å². The summed E-state index contributed by atoms with van der Waals surface area (Å²) in [6.45, 7) is 2.15. The number of morpholine rings is 1. The normalized spacial score (nSPS) is 32.7. The summed E-state index contributed by atoms with van der Waals surface area (Å²) in [7, 11) is -2.19. The van der Waals surface area contributed by atoms with Crippen molar-refractivity contribution in [2.45, 2.75) is 61.3 Å². The van der Waals surface area contributed by atoms with Gasteiger partial charge in [0.15, 0.2) is 0 Å². The van der Waals surface area contributed by atoms with Crippen LogP contribution in [0.2, 0.25) is 5.02 Å². The molecule has 1 aromatic rings. The zero-order valence-corrected chi connectivity index (χ0v) is 17.6. The van der Waals surface area contributed by atoms with Crippen LogP contribution in [0.1, 0.15) is 32.6 Å². The molecule has 0 aliphatic carbocycles. The maximum atomic E-state index is 13.3. The van der Waals surface area contributed by atoms with Crippen molar-refractivity contribution in [1.29, 1.82) is 0 Å². The quantitative estimate of drug-likeness (QED) is 0.523. The highest BCUT2D eigenvalue weighted by molar-refractivity contribution is 7.89. The molecule has 0 aromatic heterocycles. The summed E-state index contributed by atoms with van der Waals surface area (Å²) in [4.78, 5) is 24.1. The van der Waals surface area contributed by atoms with Crippen LogP contribution in [0.3, 0.4) is 0 Å². The first kappa shape index (κ1) is 20.5. The minimum atomic E-state index is -3.93. The fourth-order valence-electron chi connectivity index (χ4n) is 5.08. The second-order valence-corrected chi connectivity index (χ2v) is 10.4. The van der Waals surface area contributed by atoms with Crippen molar-refractivity contribution in [2.24, 2.45) is 0 Å². The monoisotopic (exact) mass is 443 g/mol. The molecule has 1 amide bonds. The third kappa shape index (κ3) is 3.31. The van der Waals surface area contributed by atoms with Crippen LogP contribution in [0.4, 0.5) is 5.69 Å². The summed E-state index contributed by atoms with van der Waals surface area (Å²) < 4.78 is 34.3. The third-order valence-corrected chi connectivity index (χ3v) is 8.45. The van der Waals surface area contributed by atoms with Gasteiger partial charge in [-0.15, -0.1) is 0 Å². The van der Waals surface area contributed by atoms with E-state index in [9.17, 15) is 23.3 Å². The van der Waals surface area contributed by atoms with Gasteiger partial charge in [0.05, 0.1) is 15.4 Å². The molecule has 0 saturated carbocycles. The number of carbonyl (C=O) groups is 1. The predicted molar refractivity (Wildman–Crippen MR) is 104 cm³/mol. The van der Waals surface area contributed by atoms with Gasteiger partial charge in [-0.3, -0.25) is 14.9 Å². The predicted octanol–water partition coefficient (Wildman–Crippen LogP) is 2.18. The lowest BCUT2D eigenvalue weighted by atomic mass is 9.85. The van der Waals surface area contributed by atoms with E-state index in [1.807, 2.05) is 0 Å². The largest absolute Gasteiger partial charge is 0.360 e. The van der Waals surface area contributed by atoms with Crippen molar-refractivity contribution < 1.29 is 22.9 Å². The van der Waals surface area contributed by atoms with Gasteiger partial charge in [0.1, 0.15) is 11.1 Å². The third-order valence-electron chi connectivity index (χ3n) is 6.13. The number of piperidine rings is 1. The average molecular weight is 444 g/mol. The van der Waals surface area contributed by atoms with E-state index in [0.29, 0.717) is 32.2 Å². The molecule has 3 fully saturated rings. The Labute approximate surface area is 173 Å². The topological polar surface area (TPSA) is 110 Å². The van der Waals surface area contributed by atoms with Gasteiger partial charge in [-0.05, 0) is 44.7 Å². The van der Waals surface area contributed by atoms with E-state index in [1.54, 1.807) is 18.9 Å². The number of fused-ring (bicyclic) bond motifs is 2. The zero-order chi connectivity index (χ0) is 21.1. The number of amides is 1. The summed E-state index contributed by atoms with van der Waals surface area (Å²) >= 11 is 5.83. The first-order valence-corrected chi connectivity index (χ1v) is 11.3. The van der Waals surface area contributed by atoms with Crippen LogP contribution >= 0.6 is 11.6 Å². The molecule has 3 saturated heterocycles. The standard InChI is InChI=1S/C18H22ClN3O6S/c1-11-17(23)20(2)10-18(28-11)8-12-3-4-13(9-18)21(12)29(26,27)14-5-6-15(19)16(7-14)22(24)25/h5-7,11-13H,3-4,8-10H2,1-2H3. The Balaban J connectivity index is 1.64. The number of nitrogens with zero attached hydrogens (tertiary/aromatic N) is 3. The van der Waals surface area contributed by atoms with Crippen molar-refractivity contribution in [3.63, 3.8) is 0 Å². The second-order valence-electron chi connectivity index (χ2n) is 8.14. The molecule has 2 bridgehead atoms. The second kappa shape index (κ2) is 6.90. The Kier molecular flexibility index (Phi) is 4.88. The highest BCUT2D eigenvalue weighted by atomic mass is 35.5. The van der Waals surface area contributed by atoms with Crippen LogP contribution in [0.15, 0.2) is 23.1 Å². The van der Waals surface area contributed by atoms with E-state index in [0.717, 1.165) is 6.07 Å². The van der Waals surface area contributed by atoms with Crippen molar-refractivity contribution >= 4 is 33.2 Å². The van der Waals surface area contributed by atoms with Gasteiger partial charge >= 0.3 is 0 Å². The lowest BCUT2D eigenvalue weighted by Crippen LogP contribution is -2.63. The van der Waals surface area contributed by atoms with Crippen LogP contribution in [0, 0.1) is 10.1 Å². The molecular formula is C18H22ClN3O6S. The van der Waals surface area contributed by atoms with Gasteiger partial charge in [-0.25, -0.2) is 8.42 Å². The molecule has 29 heavy (non-hydrogen) atoms. The molecule has 9 nitrogen and oxygen atoms in total. The van der Waals surface area contributed by atoms with E-state index < -0.39 is 32.3 Å². The van der Waals surface area contributed by atoms with Gasteiger partial charge in [0.25, 0.3) is 11.6 Å². The average Bonchev–Trinajstić information content (AvgIpc) is 2.93. The van der Waals surface area contributed by atoms with Gasteiger partial charge in [0, 0.05) is 31.7 Å². The number of nitro benzene ring substituents is 1. The van der Waals surface area contributed by atoms with E-state index in [1.165, 1.54) is 16.4 Å². The number of benzene rings is 1. The van der Waals surface area contributed by atoms with Crippen LogP contribution in [-0.4, -0.2) is 65.8 Å². The van der Waals surface area contributed by atoms with Crippen LogP contribution < -0.4 is 0 Å². The maximum Gasteiger partial charge on any atom is 0.289 e.